The molecule has 2 aromatic carbocycles. The summed E-state index contributed by atoms with van der Waals surface area (Å²) in [5, 5.41) is 4.56. The van der Waals surface area contributed by atoms with Gasteiger partial charge in [-0.05, 0) is 24.1 Å². The van der Waals surface area contributed by atoms with Crippen LogP contribution in [-0.4, -0.2) is 19.6 Å². The van der Waals surface area contributed by atoms with Crippen molar-refractivity contribution in [2.24, 2.45) is 0 Å². The van der Waals surface area contributed by atoms with Crippen molar-refractivity contribution >= 4 is 17.4 Å². The standard InChI is InChI=1S/C19H15FN4OS/c1-12-6-8-13(9-7-12)15-10-21-24-17(15)22-18(23-19(24)25)26-11-14-4-2-3-5-16(14)20/h2-10H,11H2,1H3,(H,22,23,25). The third-order valence-corrected chi connectivity index (χ3v) is 4.96. The van der Waals surface area contributed by atoms with Gasteiger partial charge in [-0.25, -0.2) is 14.2 Å². The van der Waals surface area contributed by atoms with Crippen molar-refractivity contribution in [3.63, 3.8) is 0 Å². The summed E-state index contributed by atoms with van der Waals surface area (Å²) in [6.45, 7) is 2.01. The Labute approximate surface area is 152 Å². The highest BCUT2D eigenvalue weighted by molar-refractivity contribution is 7.98. The van der Waals surface area contributed by atoms with Crippen LogP contribution in [0.4, 0.5) is 4.39 Å². The molecule has 0 radical (unpaired) electrons. The van der Waals surface area contributed by atoms with Crippen molar-refractivity contribution in [2.75, 3.05) is 0 Å². The van der Waals surface area contributed by atoms with E-state index < -0.39 is 0 Å². The van der Waals surface area contributed by atoms with Gasteiger partial charge in [0.05, 0.1) is 6.20 Å². The maximum Gasteiger partial charge on any atom is 0.350 e. The summed E-state index contributed by atoms with van der Waals surface area (Å²) in [6.07, 6.45) is 1.63. The molecule has 26 heavy (non-hydrogen) atoms. The Morgan fingerprint density at radius 2 is 1.92 bits per heavy atom. The molecule has 4 aromatic rings. The molecule has 0 fully saturated rings. The molecule has 0 aliphatic heterocycles. The minimum atomic E-state index is -0.371. The van der Waals surface area contributed by atoms with Crippen LogP contribution >= 0.6 is 11.8 Å². The molecule has 5 nitrogen and oxygen atoms in total. The number of halogens is 1. The fourth-order valence-corrected chi connectivity index (χ4v) is 3.47. The van der Waals surface area contributed by atoms with Crippen LogP contribution in [0.2, 0.25) is 0 Å². The molecule has 0 amide bonds. The topological polar surface area (TPSA) is 63.1 Å². The van der Waals surface area contributed by atoms with E-state index in [0.29, 0.717) is 22.1 Å². The van der Waals surface area contributed by atoms with E-state index in [1.165, 1.54) is 22.3 Å². The molecule has 0 aliphatic rings. The maximum absolute atomic E-state index is 13.8. The van der Waals surface area contributed by atoms with E-state index in [9.17, 15) is 9.18 Å². The van der Waals surface area contributed by atoms with Gasteiger partial charge in [0.1, 0.15) is 5.82 Å². The second-order valence-electron chi connectivity index (χ2n) is 5.89. The average Bonchev–Trinajstić information content (AvgIpc) is 3.06. The average molecular weight is 366 g/mol. The molecule has 0 saturated heterocycles. The van der Waals surface area contributed by atoms with E-state index in [1.807, 2.05) is 31.2 Å². The van der Waals surface area contributed by atoms with Gasteiger partial charge < -0.3 is 0 Å². The van der Waals surface area contributed by atoms with Crippen LogP contribution in [0.3, 0.4) is 0 Å². The Balaban J connectivity index is 1.71. The van der Waals surface area contributed by atoms with E-state index in [-0.39, 0.29) is 11.5 Å². The van der Waals surface area contributed by atoms with Gasteiger partial charge in [-0.2, -0.15) is 9.61 Å². The van der Waals surface area contributed by atoms with Gasteiger partial charge in [-0.1, -0.05) is 59.8 Å². The first-order chi connectivity index (χ1) is 12.6. The number of nitrogens with zero attached hydrogens (tertiary/aromatic N) is 3. The largest absolute Gasteiger partial charge is 0.350 e. The van der Waals surface area contributed by atoms with E-state index in [2.05, 4.69) is 15.1 Å². The Morgan fingerprint density at radius 3 is 2.69 bits per heavy atom. The molecule has 0 unspecified atom stereocenters. The van der Waals surface area contributed by atoms with Gasteiger partial charge in [0.2, 0.25) is 0 Å². The molecule has 0 aliphatic carbocycles. The number of H-pyrrole nitrogens is 1. The van der Waals surface area contributed by atoms with Gasteiger partial charge in [0.25, 0.3) is 0 Å². The third-order valence-electron chi connectivity index (χ3n) is 4.04. The molecule has 1 N–H and O–H groups in total. The summed E-state index contributed by atoms with van der Waals surface area (Å²) in [7, 11) is 0. The highest BCUT2D eigenvalue weighted by atomic mass is 32.2. The lowest BCUT2D eigenvalue weighted by Gasteiger charge is -2.04. The van der Waals surface area contributed by atoms with Crippen molar-refractivity contribution in [3.05, 3.63) is 82.2 Å². The minimum Gasteiger partial charge on any atom is -0.285 e. The molecule has 0 spiro atoms. The number of hydrogen-bond acceptors (Lipinski definition) is 4. The molecule has 130 valence electrons. The Bertz CT molecular complexity index is 1130. The first-order valence-electron chi connectivity index (χ1n) is 8.03. The normalized spacial score (nSPS) is 11.2. The molecule has 7 heteroatoms. The summed E-state index contributed by atoms with van der Waals surface area (Å²) in [5.41, 5.74) is 3.54. The summed E-state index contributed by atoms with van der Waals surface area (Å²) >= 11 is 1.28. The lowest BCUT2D eigenvalue weighted by atomic mass is 10.1. The van der Waals surface area contributed by atoms with E-state index in [4.69, 9.17) is 0 Å². The third kappa shape index (κ3) is 3.13. The van der Waals surface area contributed by atoms with Crippen LogP contribution in [0.1, 0.15) is 11.1 Å². The second kappa shape index (κ2) is 6.76. The predicted octanol–water partition coefficient (Wildman–Crippen LogP) is 3.82. The Morgan fingerprint density at radius 1 is 1.15 bits per heavy atom. The lowest BCUT2D eigenvalue weighted by Crippen LogP contribution is -2.19. The van der Waals surface area contributed by atoms with Crippen LogP contribution in [-0.2, 0) is 5.75 Å². The first kappa shape index (κ1) is 16.5. The van der Waals surface area contributed by atoms with Crippen LogP contribution in [0.15, 0.2) is 64.7 Å². The maximum atomic E-state index is 13.8. The number of rotatable bonds is 4. The first-order valence-corrected chi connectivity index (χ1v) is 9.02. The Hall–Kier alpha value is -2.93. The smallest absolute Gasteiger partial charge is 0.285 e. The van der Waals surface area contributed by atoms with Gasteiger partial charge in [-0.15, -0.1) is 0 Å². The number of benzene rings is 2. The number of aromatic nitrogens is 4. The van der Waals surface area contributed by atoms with Crippen molar-refractivity contribution in [2.45, 2.75) is 17.8 Å². The van der Waals surface area contributed by atoms with E-state index in [1.54, 1.807) is 24.4 Å². The van der Waals surface area contributed by atoms with E-state index >= 15 is 0 Å². The molecular weight excluding hydrogens is 351 g/mol. The molecule has 2 heterocycles. The molecule has 2 aromatic heterocycles. The number of hydrogen-bond donors (Lipinski definition) is 1. The number of aryl methyl sites for hydroxylation is 1. The predicted molar refractivity (Wildman–Crippen MR) is 99.7 cm³/mol. The quantitative estimate of drug-likeness (QED) is 0.558. The van der Waals surface area contributed by atoms with Gasteiger partial charge in [0, 0.05) is 11.3 Å². The zero-order valence-electron chi connectivity index (χ0n) is 13.9. The highest BCUT2D eigenvalue weighted by Gasteiger charge is 2.13. The van der Waals surface area contributed by atoms with Crippen molar-refractivity contribution in [1.82, 2.24) is 19.6 Å². The lowest BCUT2D eigenvalue weighted by molar-refractivity contribution is 0.617. The SMILES string of the molecule is Cc1ccc(-c2cnn3c(=O)[nH]c(SCc4ccccc4F)nc23)cc1. The molecule has 0 bridgehead atoms. The zero-order chi connectivity index (χ0) is 18.1. The summed E-state index contributed by atoms with van der Waals surface area (Å²) in [4.78, 5) is 19.5. The summed E-state index contributed by atoms with van der Waals surface area (Å²) in [6, 6.07) is 14.5. The molecular formula is C19H15FN4OS. The van der Waals surface area contributed by atoms with Gasteiger partial charge in [0.15, 0.2) is 10.8 Å². The monoisotopic (exact) mass is 366 g/mol. The molecule has 4 rings (SSSR count). The number of fused-ring (bicyclic) bond motifs is 1. The Kier molecular flexibility index (Phi) is 4.30. The number of nitrogens with one attached hydrogen (secondary N) is 1. The summed E-state index contributed by atoms with van der Waals surface area (Å²) < 4.78 is 15.0. The molecule has 0 saturated carbocycles. The van der Waals surface area contributed by atoms with Crippen molar-refractivity contribution in [1.29, 1.82) is 0 Å². The van der Waals surface area contributed by atoms with Crippen LogP contribution in [0.5, 0.6) is 0 Å². The van der Waals surface area contributed by atoms with E-state index in [0.717, 1.165) is 16.7 Å². The number of thioether (sulfide) groups is 1. The fraction of sp³-hybridized carbons (Fsp3) is 0.105. The van der Waals surface area contributed by atoms with Crippen LogP contribution in [0, 0.1) is 12.7 Å². The van der Waals surface area contributed by atoms with Crippen molar-refractivity contribution < 1.29 is 4.39 Å². The minimum absolute atomic E-state index is 0.270. The highest BCUT2D eigenvalue weighted by Crippen LogP contribution is 2.25. The number of aromatic amines is 1. The van der Waals surface area contributed by atoms with Gasteiger partial charge in [-0.3, -0.25) is 4.98 Å². The summed E-state index contributed by atoms with van der Waals surface area (Å²) in [5.74, 6) is 0.105. The molecule has 0 atom stereocenters. The van der Waals surface area contributed by atoms with Gasteiger partial charge >= 0.3 is 5.69 Å². The van der Waals surface area contributed by atoms with Crippen molar-refractivity contribution in [3.8, 4) is 11.1 Å². The fourth-order valence-electron chi connectivity index (χ4n) is 2.63. The van der Waals surface area contributed by atoms with Crippen LogP contribution in [0.25, 0.3) is 16.8 Å². The second-order valence-corrected chi connectivity index (χ2v) is 6.85. The van der Waals surface area contributed by atoms with Crippen LogP contribution < -0.4 is 5.69 Å². The zero-order valence-corrected chi connectivity index (χ0v) is 14.8.